The van der Waals surface area contributed by atoms with Crippen LogP contribution in [0.5, 0.6) is 5.75 Å². The molecule has 2 aromatic rings. The molecule has 34 heavy (non-hydrogen) atoms. The van der Waals surface area contributed by atoms with E-state index in [1.54, 1.807) is 12.1 Å². The van der Waals surface area contributed by atoms with Crippen molar-refractivity contribution in [2.24, 2.45) is 5.73 Å². The minimum atomic E-state index is -3.87. The van der Waals surface area contributed by atoms with Gasteiger partial charge in [-0.15, -0.1) is 11.3 Å². The van der Waals surface area contributed by atoms with Crippen LogP contribution in [0.25, 0.3) is 0 Å². The molecule has 184 valence electrons. The predicted octanol–water partition coefficient (Wildman–Crippen LogP) is 2.41. The molecular formula is C23H30N4O5S2. The highest BCUT2D eigenvalue weighted by Gasteiger charge is 2.40. The highest BCUT2D eigenvalue weighted by atomic mass is 32.2. The zero-order valence-corrected chi connectivity index (χ0v) is 21.2. The molecule has 3 N–H and O–H groups in total. The number of anilines is 1. The maximum atomic E-state index is 13.3. The molecule has 0 bridgehead atoms. The SMILES string of the molecule is COc1ccc(S(=O)(=O)N2CCCC2C(=O)Nc2sc3c(c2C(N)=O)CCN(C(C)C)C3)cc1. The van der Waals surface area contributed by atoms with Gasteiger partial charge < -0.3 is 15.8 Å². The number of ether oxygens (including phenoxy) is 1. The summed E-state index contributed by atoms with van der Waals surface area (Å²) in [7, 11) is -2.37. The number of carbonyl (C=O) groups excluding carboxylic acids is 2. The Hall–Kier alpha value is -2.47. The molecule has 1 unspecified atom stereocenters. The number of hydrogen-bond donors (Lipinski definition) is 2. The molecule has 0 spiro atoms. The number of nitrogens with two attached hydrogens (primary N) is 1. The zero-order chi connectivity index (χ0) is 24.6. The van der Waals surface area contributed by atoms with Crippen molar-refractivity contribution in [3.63, 3.8) is 0 Å². The van der Waals surface area contributed by atoms with Crippen molar-refractivity contribution >= 4 is 38.2 Å². The van der Waals surface area contributed by atoms with Crippen molar-refractivity contribution in [2.75, 3.05) is 25.5 Å². The van der Waals surface area contributed by atoms with Gasteiger partial charge in [-0.1, -0.05) is 0 Å². The Balaban J connectivity index is 1.58. The molecule has 2 aliphatic rings. The van der Waals surface area contributed by atoms with Gasteiger partial charge in [-0.05, 0) is 62.9 Å². The second-order valence-corrected chi connectivity index (χ2v) is 11.8. The quantitative estimate of drug-likeness (QED) is 0.595. The fourth-order valence-electron chi connectivity index (χ4n) is 4.58. The van der Waals surface area contributed by atoms with Crippen molar-refractivity contribution in [3.05, 3.63) is 40.3 Å². The Labute approximate surface area is 203 Å². The molecule has 3 heterocycles. The minimum absolute atomic E-state index is 0.103. The largest absolute Gasteiger partial charge is 0.497 e. The highest BCUT2D eigenvalue weighted by molar-refractivity contribution is 7.89. The Bertz CT molecular complexity index is 1190. The molecule has 1 atom stereocenters. The molecule has 0 aliphatic carbocycles. The Kier molecular flexibility index (Phi) is 6.99. The topological polar surface area (TPSA) is 122 Å². The molecule has 2 aliphatic heterocycles. The molecule has 11 heteroatoms. The van der Waals surface area contributed by atoms with Crippen LogP contribution in [-0.4, -0.2) is 61.7 Å². The lowest BCUT2D eigenvalue weighted by Gasteiger charge is -2.30. The van der Waals surface area contributed by atoms with Crippen LogP contribution in [0.2, 0.25) is 0 Å². The number of carbonyl (C=O) groups is 2. The van der Waals surface area contributed by atoms with Gasteiger partial charge in [0.2, 0.25) is 15.9 Å². The van der Waals surface area contributed by atoms with Crippen molar-refractivity contribution in [3.8, 4) is 5.75 Å². The third-order valence-corrected chi connectivity index (χ3v) is 9.53. The maximum absolute atomic E-state index is 13.3. The lowest BCUT2D eigenvalue weighted by atomic mass is 10.0. The standard InChI is InChI=1S/C23H30N4O5S2/c1-14(2)26-12-10-17-19(13-26)33-23(20(17)21(24)28)25-22(29)18-5-4-11-27(18)34(30,31)16-8-6-15(32-3)7-9-16/h6-9,14,18H,4-5,10-13H2,1-3H3,(H2,24,28)(H,25,29). The van der Waals surface area contributed by atoms with Crippen LogP contribution < -0.4 is 15.8 Å². The third kappa shape index (κ3) is 4.57. The number of nitrogens with zero attached hydrogens (tertiary/aromatic N) is 2. The number of fused-ring (bicyclic) bond motifs is 1. The van der Waals surface area contributed by atoms with Crippen LogP contribution in [-0.2, 0) is 27.8 Å². The first kappa shape index (κ1) is 24.6. The molecule has 0 saturated carbocycles. The summed E-state index contributed by atoms with van der Waals surface area (Å²) in [6, 6.07) is 5.60. The van der Waals surface area contributed by atoms with E-state index in [2.05, 4.69) is 24.1 Å². The van der Waals surface area contributed by atoms with E-state index in [1.807, 2.05) is 0 Å². The summed E-state index contributed by atoms with van der Waals surface area (Å²) in [5, 5.41) is 3.25. The molecule has 1 fully saturated rings. The first-order chi connectivity index (χ1) is 16.1. The average molecular weight is 507 g/mol. The van der Waals surface area contributed by atoms with Crippen molar-refractivity contribution in [2.45, 2.75) is 56.6 Å². The lowest BCUT2D eigenvalue weighted by Crippen LogP contribution is -2.43. The summed E-state index contributed by atoms with van der Waals surface area (Å²) >= 11 is 1.35. The van der Waals surface area contributed by atoms with E-state index in [1.165, 1.54) is 34.9 Å². The van der Waals surface area contributed by atoms with Crippen LogP contribution in [0.1, 0.15) is 47.5 Å². The third-order valence-electron chi connectivity index (χ3n) is 6.47. The van der Waals surface area contributed by atoms with Gasteiger partial charge in [-0.3, -0.25) is 14.5 Å². The van der Waals surface area contributed by atoms with E-state index >= 15 is 0 Å². The molecule has 1 aromatic heterocycles. The molecule has 2 amide bonds. The van der Waals surface area contributed by atoms with Crippen LogP contribution in [0, 0.1) is 0 Å². The first-order valence-corrected chi connectivity index (χ1v) is 13.5. The summed E-state index contributed by atoms with van der Waals surface area (Å²) in [5.74, 6) is -0.484. The summed E-state index contributed by atoms with van der Waals surface area (Å²) in [4.78, 5) is 29.0. The number of benzene rings is 1. The van der Waals surface area contributed by atoms with E-state index in [9.17, 15) is 18.0 Å². The molecule has 0 radical (unpaired) electrons. The number of sulfonamides is 1. The number of primary amides is 1. The van der Waals surface area contributed by atoms with Gasteiger partial charge in [0.05, 0.1) is 17.6 Å². The summed E-state index contributed by atoms with van der Waals surface area (Å²) in [5.41, 5.74) is 6.92. The maximum Gasteiger partial charge on any atom is 0.251 e. The summed E-state index contributed by atoms with van der Waals surface area (Å²) in [6.45, 7) is 5.99. The van der Waals surface area contributed by atoms with E-state index < -0.39 is 27.9 Å². The van der Waals surface area contributed by atoms with Crippen LogP contribution in [0.4, 0.5) is 5.00 Å². The average Bonchev–Trinajstić information content (AvgIpc) is 3.43. The van der Waals surface area contributed by atoms with E-state index in [0.29, 0.717) is 48.2 Å². The normalized spacial score (nSPS) is 19.2. The minimum Gasteiger partial charge on any atom is -0.497 e. The van der Waals surface area contributed by atoms with Gasteiger partial charge >= 0.3 is 0 Å². The van der Waals surface area contributed by atoms with E-state index in [-0.39, 0.29) is 11.4 Å². The second kappa shape index (κ2) is 9.65. The molecule has 4 rings (SSSR count). The highest BCUT2D eigenvalue weighted by Crippen LogP contribution is 2.38. The fraction of sp³-hybridized carbons (Fsp3) is 0.478. The van der Waals surface area contributed by atoms with Gasteiger partial charge in [0.15, 0.2) is 0 Å². The molecule has 9 nitrogen and oxygen atoms in total. The van der Waals surface area contributed by atoms with Crippen LogP contribution in [0.3, 0.4) is 0 Å². The summed E-state index contributed by atoms with van der Waals surface area (Å²) in [6.07, 6.45) is 1.65. The number of nitrogens with one attached hydrogen (secondary N) is 1. The zero-order valence-electron chi connectivity index (χ0n) is 19.5. The van der Waals surface area contributed by atoms with E-state index in [4.69, 9.17) is 10.5 Å². The van der Waals surface area contributed by atoms with E-state index in [0.717, 1.165) is 17.0 Å². The Morgan fingerprint density at radius 3 is 2.53 bits per heavy atom. The fourth-order valence-corrected chi connectivity index (χ4v) is 7.52. The van der Waals surface area contributed by atoms with Gasteiger partial charge in [-0.25, -0.2) is 8.42 Å². The van der Waals surface area contributed by atoms with Crippen LogP contribution >= 0.6 is 11.3 Å². The van der Waals surface area contributed by atoms with Gasteiger partial charge in [0.1, 0.15) is 16.8 Å². The first-order valence-electron chi connectivity index (χ1n) is 11.3. The Morgan fingerprint density at radius 1 is 1.21 bits per heavy atom. The number of hydrogen-bond acceptors (Lipinski definition) is 7. The molecule has 1 saturated heterocycles. The van der Waals surface area contributed by atoms with Crippen molar-refractivity contribution < 1.29 is 22.7 Å². The predicted molar refractivity (Wildman–Crippen MR) is 131 cm³/mol. The van der Waals surface area contributed by atoms with Gasteiger partial charge in [0.25, 0.3) is 5.91 Å². The smallest absolute Gasteiger partial charge is 0.251 e. The summed E-state index contributed by atoms with van der Waals surface area (Å²) < 4.78 is 32.9. The van der Waals surface area contributed by atoms with Crippen LogP contribution in [0.15, 0.2) is 29.2 Å². The number of rotatable bonds is 7. The number of thiophene rings is 1. The Morgan fingerprint density at radius 2 is 1.91 bits per heavy atom. The molecule has 1 aromatic carbocycles. The van der Waals surface area contributed by atoms with Crippen molar-refractivity contribution in [1.29, 1.82) is 0 Å². The molecular weight excluding hydrogens is 476 g/mol. The van der Waals surface area contributed by atoms with Gasteiger partial charge in [0, 0.05) is 30.6 Å². The van der Waals surface area contributed by atoms with Crippen molar-refractivity contribution in [1.82, 2.24) is 9.21 Å². The number of methoxy groups -OCH3 is 1. The number of amides is 2. The lowest BCUT2D eigenvalue weighted by molar-refractivity contribution is -0.119. The monoisotopic (exact) mass is 506 g/mol. The second-order valence-electron chi connectivity index (χ2n) is 8.82. The van der Waals surface area contributed by atoms with Gasteiger partial charge in [-0.2, -0.15) is 4.31 Å².